The van der Waals surface area contributed by atoms with E-state index in [1.165, 1.54) is 36.4 Å². The molecule has 20 heavy (non-hydrogen) atoms. The van der Waals surface area contributed by atoms with Crippen LogP contribution in [0.2, 0.25) is 10.0 Å². The number of benzene rings is 2. The Labute approximate surface area is 126 Å². The van der Waals surface area contributed by atoms with Gasteiger partial charge in [-0.25, -0.2) is 4.39 Å². The molecule has 0 saturated heterocycles. The van der Waals surface area contributed by atoms with Gasteiger partial charge >= 0.3 is 10.1 Å². The largest absolute Gasteiger partial charge is 0.381 e. The van der Waals surface area contributed by atoms with Crippen LogP contribution in [0, 0.1) is 5.82 Å². The summed E-state index contributed by atoms with van der Waals surface area (Å²) in [7, 11) is -3.95. The lowest BCUT2D eigenvalue weighted by Crippen LogP contribution is -2.12. The monoisotopic (exact) mass is 334 g/mol. The number of rotatable bonds is 4. The minimum absolute atomic E-state index is 0.0111. The SMILES string of the molecule is O=S(=O)(Cc1cccc(F)c1)Oc1cccc(Cl)c1Cl. The lowest BCUT2D eigenvalue weighted by Gasteiger charge is -2.09. The minimum Gasteiger partial charge on any atom is -0.381 e. The first-order valence-electron chi connectivity index (χ1n) is 5.48. The lowest BCUT2D eigenvalue weighted by molar-refractivity contribution is 0.485. The van der Waals surface area contributed by atoms with Crippen molar-refractivity contribution >= 4 is 33.3 Å². The van der Waals surface area contributed by atoms with Gasteiger partial charge in [0.05, 0.1) is 5.02 Å². The molecule has 106 valence electrons. The van der Waals surface area contributed by atoms with Crippen LogP contribution in [0.1, 0.15) is 5.56 Å². The van der Waals surface area contributed by atoms with Crippen LogP contribution in [-0.4, -0.2) is 8.42 Å². The molecule has 7 heteroatoms. The third kappa shape index (κ3) is 3.85. The van der Waals surface area contributed by atoms with Gasteiger partial charge < -0.3 is 4.18 Å². The van der Waals surface area contributed by atoms with Crippen LogP contribution >= 0.6 is 23.2 Å². The van der Waals surface area contributed by atoms with Crippen LogP contribution in [-0.2, 0) is 15.9 Å². The molecule has 0 atom stereocenters. The average molecular weight is 335 g/mol. The van der Waals surface area contributed by atoms with Crippen LogP contribution < -0.4 is 4.18 Å². The third-order valence-electron chi connectivity index (χ3n) is 2.37. The fourth-order valence-corrected chi connectivity index (χ4v) is 2.98. The summed E-state index contributed by atoms with van der Waals surface area (Å²) in [6, 6.07) is 9.68. The van der Waals surface area contributed by atoms with Crippen LogP contribution in [0.15, 0.2) is 42.5 Å². The first-order chi connectivity index (χ1) is 9.37. The highest BCUT2D eigenvalue weighted by Crippen LogP contribution is 2.32. The van der Waals surface area contributed by atoms with Gasteiger partial charge in [-0.2, -0.15) is 8.42 Å². The Morgan fingerprint density at radius 1 is 1.10 bits per heavy atom. The van der Waals surface area contributed by atoms with Gasteiger partial charge in [0.15, 0.2) is 5.75 Å². The first kappa shape index (κ1) is 15.1. The molecule has 0 saturated carbocycles. The Kier molecular flexibility index (Phi) is 4.52. The van der Waals surface area contributed by atoms with E-state index in [9.17, 15) is 12.8 Å². The van der Waals surface area contributed by atoms with E-state index in [1.54, 1.807) is 0 Å². The molecule has 0 bridgehead atoms. The molecule has 0 spiro atoms. The van der Waals surface area contributed by atoms with E-state index in [1.807, 2.05) is 0 Å². The van der Waals surface area contributed by atoms with Crippen molar-refractivity contribution in [1.29, 1.82) is 0 Å². The van der Waals surface area contributed by atoms with Crippen LogP contribution in [0.5, 0.6) is 5.75 Å². The van der Waals surface area contributed by atoms with E-state index in [0.717, 1.165) is 6.07 Å². The summed E-state index contributed by atoms with van der Waals surface area (Å²) in [4.78, 5) is 0. The first-order valence-corrected chi connectivity index (χ1v) is 7.81. The standard InChI is InChI=1S/C13H9Cl2FO3S/c14-11-5-2-6-12(13(11)15)19-20(17,18)8-9-3-1-4-10(16)7-9/h1-7H,8H2. The molecule has 3 nitrogen and oxygen atoms in total. The Balaban J connectivity index is 2.21. The van der Waals surface area contributed by atoms with Crippen molar-refractivity contribution < 1.29 is 17.0 Å². The smallest absolute Gasteiger partial charge is 0.313 e. The molecule has 0 aliphatic heterocycles. The van der Waals surface area contributed by atoms with E-state index in [4.69, 9.17) is 27.4 Å². The molecular weight excluding hydrogens is 326 g/mol. The Morgan fingerprint density at radius 3 is 2.50 bits per heavy atom. The van der Waals surface area contributed by atoms with Crippen molar-refractivity contribution in [3.8, 4) is 5.75 Å². The second kappa shape index (κ2) is 5.99. The zero-order valence-corrected chi connectivity index (χ0v) is 12.3. The number of hydrogen-bond acceptors (Lipinski definition) is 3. The van der Waals surface area contributed by atoms with Gasteiger partial charge in [0.1, 0.15) is 16.6 Å². The highest BCUT2D eigenvalue weighted by atomic mass is 35.5. The predicted molar refractivity (Wildman–Crippen MR) is 76.1 cm³/mol. The normalized spacial score (nSPS) is 11.3. The van der Waals surface area contributed by atoms with Crippen molar-refractivity contribution in [1.82, 2.24) is 0 Å². The van der Waals surface area contributed by atoms with Gasteiger partial charge in [0, 0.05) is 0 Å². The Bertz CT molecular complexity index is 732. The van der Waals surface area contributed by atoms with Gasteiger partial charge in [0.25, 0.3) is 0 Å². The van der Waals surface area contributed by atoms with Crippen LogP contribution in [0.25, 0.3) is 0 Å². The number of halogens is 3. The highest BCUT2D eigenvalue weighted by Gasteiger charge is 2.17. The Hall–Kier alpha value is -1.30. The van der Waals surface area contributed by atoms with E-state index in [0.29, 0.717) is 0 Å². The molecule has 2 aromatic rings. The summed E-state index contributed by atoms with van der Waals surface area (Å²) in [6.45, 7) is 0. The van der Waals surface area contributed by atoms with Crippen molar-refractivity contribution in [2.45, 2.75) is 5.75 Å². The van der Waals surface area contributed by atoms with Crippen LogP contribution in [0.4, 0.5) is 4.39 Å². The topological polar surface area (TPSA) is 43.4 Å². The summed E-state index contributed by atoms with van der Waals surface area (Å²) >= 11 is 11.6. The second-order valence-electron chi connectivity index (χ2n) is 3.97. The molecule has 0 fully saturated rings. The summed E-state index contributed by atoms with van der Waals surface area (Å²) in [5.74, 6) is -1.04. The molecule has 0 radical (unpaired) electrons. The average Bonchev–Trinajstić information content (AvgIpc) is 2.34. The van der Waals surface area contributed by atoms with E-state index in [-0.39, 0.29) is 21.4 Å². The third-order valence-corrected chi connectivity index (χ3v) is 4.29. The van der Waals surface area contributed by atoms with Crippen LogP contribution in [0.3, 0.4) is 0 Å². The summed E-state index contributed by atoms with van der Waals surface area (Å²) in [5, 5.41) is 0.196. The molecular formula is C13H9Cl2FO3S. The summed E-state index contributed by atoms with van der Waals surface area (Å²) in [6.07, 6.45) is 0. The molecule has 0 heterocycles. The fraction of sp³-hybridized carbons (Fsp3) is 0.0769. The number of hydrogen-bond donors (Lipinski definition) is 0. The minimum atomic E-state index is -3.95. The molecule has 0 aliphatic carbocycles. The lowest BCUT2D eigenvalue weighted by atomic mass is 10.2. The van der Waals surface area contributed by atoms with Gasteiger partial charge in [-0.15, -0.1) is 0 Å². The maximum absolute atomic E-state index is 13.0. The van der Waals surface area contributed by atoms with E-state index in [2.05, 4.69) is 0 Å². The van der Waals surface area contributed by atoms with E-state index < -0.39 is 21.7 Å². The van der Waals surface area contributed by atoms with Crippen molar-refractivity contribution in [2.75, 3.05) is 0 Å². The molecule has 0 N–H and O–H groups in total. The van der Waals surface area contributed by atoms with E-state index >= 15 is 0 Å². The Morgan fingerprint density at radius 2 is 1.80 bits per heavy atom. The van der Waals surface area contributed by atoms with Gasteiger partial charge in [-0.05, 0) is 29.8 Å². The quantitative estimate of drug-likeness (QED) is 0.792. The zero-order chi connectivity index (χ0) is 14.8. The molecule has 0 amide bonds. The molecule has 0 unspecified atom stereocenters. The summed E-state index contributed by atoms with van der Waals surface area (Å²) < 4.78 is 41.7. The maximum Gasteiger partial charge on any atom is 0.313 e. The summed E-state index contributed by atoms with van der Waals surface area (Å²) in [5.41, 5.74) is 0.281. The molecule has 0 aliphatic rings. The highest BCUT2D eigenvalue weighted by molar-refractivity contribution is 7.86. The van der Waals surface area contributed by atoms with Gasteiger partial charge in [-0.1, -0.05) is 41.4 Å². The molecule has 0 aromatic heterocycles. The molecule has 2 rings (SSSR count). The van der Waals surface area contributed by atoms with Crippen molar-refractivity contribution in [3.63, 3.8) is 0 Å². The van der Waals surface area contributed by atoms with Crippen molar-refractivity contribution in [2.24, 2.45) is 0 Å². The van der Waals surface area contributed by atoms with Gasteiger partial charge in [0.2, 0.25) is 0 Å². The zero-order valence-electron chi connectivity index (χ0n) is 10.0. The molecule has 2 aromatic carbocycles. The van der Waals surface area contributed by atoms with Gasteiger partial charge in [-0.3, -0.25) is 0 Å². The maximum atomic E-state index is 13.0. The second-order valence-corrected chi connectivity index (χ2v) is 6.32. The van der Waals surface area contributed by atoms with Crippen molar-refractivity contribution in [3.05, 3.63) is 63.9 Å². The fourth-order valence-electron chi connectivity index (χ4n) is 1.55. The predicted octanol–water partition coefficient (Wildman–Crippen LogP) is 4.04.